The Kier molecular flexibility index (Phi) is 6.22. The molecule has 0 N–H and O–H groups in total. The smallest absolute Gasteiger partial charge is 0.244 e. The van der Waals surface area contributed by atoms with Crippen molar-refractivity contribution in [2.75, 3.05) is 31.1 Å². The summed E-state index contributed by atoms with van der Waals surface area (Å²) in [6.07, 6.45) is 1.55. The number of piperazine rings is 1. The normalized spacial score (nSPS) is 13.8. The molecule has 35 heavy (non-hydrogen) atoms. The van der Waals surface area contributed by atoms with Gasteiger partial charge in [0.2, 0.25) is 5.91 Å². The van der Waals surface area contributed by atoms with Crippen LogP contribution < -0.4 is 4.90 Å². The number of halogens is 2. The van der Waals surface area contributed by atoms with E-state index in [4.69, 9.17) is 0 Å². The van der Waals surface area contributed by atoms with Crippen molar-refractivity contribution in [1.82, 2.24) is 24.6 Å². The molecule has 1 saturated heterocycles. The molecule has 0 saturated carbocycles. The predicted octanol–water partition coefficient (Wildman–Crippen LogP) is 3.94. The van der Waals surface area contributed by atoms with Gasteiger partial charge in [0.1, 0.15) is 30.3 Å². The fraction of sp³-hybridized carbons (Fsp3) is 0.231. The molecule has 4 aromatic rings. The van der Waals surface area contributed by atoms with Crippen LogP contribution in [0, 0.1) is 18.6 Å². The van der Waals surface area contributed by atoms with Crippen LogP contribution in [-0.4, -0.2) is 56.7 Å². The molecule has 0 spiro atoms. The van der Waals surface area contributed by atoms with Crippen molar-refractivity contribution in [3.8, 4) is 22.5 Å². The third-order valence-electron chi connectivity index (χ3n) is 6.09. The molecule has 178 valence electrons. The molecule has 1 amide bonds. The first-order valence-electron chi connectivity index (χ1n) is 11.4. The number of hydrogen-bond donors (Lipinski definition) is 0. The Bertz CT molecular complexity index is 1330. The lowest BCUT2D eigenvalue weighted by Gasteiger charge is -2.35. The van der Waals surface area contributed by atoms with Crippen molar-refractivity contribution < 1.29 is 13.6 Å². The second kappa shape index (κ2) is 9.61. The summed E-state index contributed by atoms with van der Waals surface area (Å²) in [5.74, 6) is 0.129. The van der Waals surface area contributed by atoms with E-state index < -0.39 is 0 Å². The fourth-order valence-electron chi connectivity index (χ4n) is 4.18. The van der Waals surface area contributed by atoms with Crippen LogP contribution in [0.5, 0.6) is 0 Å². The Morgan fingerprint density at radius 1 is 0.857 bits per heavy atom. The van der Waals surface area contributed by atoms with Crippen molar-refractivity contribution in [3.05, 3.63) is 84.3 Å². The second-order valence-electron chi connectivity index (χ2n) is 8.47. The van der Waals surface area contributed by atoms with Gasteiger partial charge in [0, 0.05) is 49.1 Å². The van der Waals surface area contributed by atoms with Gasteiger partial charge in [-0.1, -0.05) is 0 Å². The van der Waals surface area contributed by atoms with Gasteiger partial charge in [-0.05, 0) is 61.5 Å². The Labute approximate surface area is 201 Å². The Morgan fingerprint density at radius 2 is 1.49 bits per heavy atom. The molecular weight excluding hydrogens is 450 g/mol. The molecule has 0 unspecified atom stereocenters. The summed E-state index contributed by atoms with van der Waals surface area (Å²) >= 11 is 0. The number of carbonyl (C=O) groups excluding carboxylic acids is 1. The second-order valence-corrected chi connectivity index (χ2v) is 8.47. The lowest BCUT2D eigenvalue weighted by Crippen LogP contribution is -2.50. The van der Waals surface area contributed by atoms with Crippen molar-refractivity contribution in [1.29, 1.82) is 0 Å². The number of carbonyl (C=O) groups is 1. The summed E-state index contributed by atoms with van der Waals surface area (Å²) in [4.78, 5) is 25.6. The van der Waals surface area contributed by atoms with Gasteiger partial charge in [0.15, 0.2) is 0 Å². The largest absolute Gasteiger partial charge is 0.353 e. The maximum atomic E-state index is 13.5. The average Bonchev–Trinajstić information content (AvgIpc) is 3.28. The zero-order valence-electron chi connectivity index (χ0n) is 19.2. The number of benzene rings is 2. The van der Waals surface area contributed by atoms with E-state index in [9.17, 15) is 13.6 Å². The Morgan fingerprint density at radius 3 is 2.11 bits per heavy atom. The van der Waals surface area contributed by atoms with Gasteiger partial charge in [-0.3, -0.25) is 9.48 Å². The lowest BCUT2D eigenvalue weighted by atomic mass is 10.1. The zero-order valence-corrected chi connectivity index (χ0v) is 19.2. The molecule has 0 bridgehead atoms. The Balaban J connectivity index is 1.35. The van der Waals surface area contributed by atoms with E-state index in [1.54, 1.807) is 35.3 Å². The lowest BCUT2D eigenvalue weighted by molar-refractivity contribution is -0.132. The molecular formula is C26H24F2N6O. The molecule has 2 aromatic carbocycles. The number of amides is 1. The molecule has 2 aromatic heterocycles. The van der Waals surface area contributed by atoms with Crippen molar-refractivity contribution in [3.63, 3.8) is 0 Å². The van der Waals surface area contributed by atoms with Crippen molar-refractivity contribution in [2.24, 2.45) is 0 Å². The first kappa shape index (κ1) is 22.6. The van der Waals surface area contributed by atoms with E-state index in [0.29, 0.717) is 37.6 Å². The summed E-state index contributed by atoms with van der Waals surface area (Å²) in [5.41, 5.74) is 3.67. The monoisotopic (exact) mass is 474 g/mol. The van der Waals surface area contributed by atoms with Crippen LogP contribution in [0.3, 0.4) is 0 Å². The topological polar surface area (TPSA) is 67.2 Å². The summed E-state index contributed by atoms with van der Waals surface area (Å²) in [7, 11) is 0. The summed E-state index contributed by atoms with van der Waals surface area (Å²) in [5, 5.41) is 4.64. The molecule has 1 aliphatic heterocycles. The highest BCUT2D eigenvalue weighted by molar-refractivity contribution is 5.78. The van der Waals surface area contributed by atoms with Crippen LogP contribution in [-0.2, 0) is 11.3 Å². The van der Waals surface area contributed by atoms with Crippen molar-refractivity contribution in [2.45, 2.75) is 13.5 Å². The zero-order chi connectivity index (χ0) is 24.4. The highest BCUT2D eigenvalue weighted by atomic mass is 19.1. The van der Waals surface area contributed by atoms with Gasteiger partial charge >= 0.3 is 0 Å². The maximum absolute atomic E-state index is 13.5. The third kappa shape index (κ3) is 5.03. The summed E-state index contributed by atoms with van der Waals surface area (Å²) in [6, 6.07) is 15.9. The fourth-order valence-corrected chi connectivity index (χ4v) is 4.18. The number of nitrogens with zero attached hydrogens (tertiary/aromatic N) is 6. The van der Waals surface area contributed by atoms with Gasteiger partial charge < -0.3 is 9.80 Å². The van der Waals surface area contributed by atoms with Gasteiger partial charge in [-0.2, -0.15) is 5.10 Å². The van der Waals surface area contributed by atoms with Crippen LogP contribution >= 0.6 is 0 Å². The molecule has 0 aliphatic carbocycles. The van der Waals surface area contributed by atoms with Gasteiger partial charge in [-0.25, -0.2) is 18.7 Å². The van der Waals surface area contributed by atoms with Crippen LogP contribution in [0.15, 0.2) is 67.0 Å². The molecule has 5 rings (SSSR count). The minimum Gasteiger partial charge on any atom is -0.353 e. The van der Waals surface area contributed by atoms with Crippen LogP contribution in [0.2, 0.25) is 0 Å². The minimum absolute atomic E-state index is 0.0422. The molecule has 3 heterocycles. The summed E-state index contributed by atoms with van der Waals surface area (Å²) in [6.45, 7) is 4.45. The van der Waals surface area contributed by atoms with Crippen molar-refractivity contribution >= 4 is 11.7 Å². The number of aryl methyl sites for hydroxylation is 1. The quantitative estimate of drug-likeness (QED) is 0.438. The highest BCUT2D eigenvalue weighted by Gasteiger charge is 2.24. The summed E-state index contributed by atoms with van der Waals surface area (Å²) < 4.78 is 28.5. The van der Waals surface area contributed by atoms with Crippen LogP contribution in [0.1, 0.15) is 5.69 Å². The van der Waals surface area contributed by atoms with Gasteiger partial charge in [0.05, 0.1) is 11.4 Å². The number of anilines is 1. The number of aromatic nitrogens is 4. The minimum atomic E-state index is -0.341. The predicted molar refractivity (Wildman–Crippen MR) is 129 cm³/mol. The maximum Gasteiger partial charge on any atom is 0.244 e. The van der Waals surface area contributed by atoms with Crippen LogP contribution in [0.25, 0.3) is 22.5 Å². The molecule has 0 atom stereocenters. The van der Waals surface area contributed by atoms with E-state index in [-0.39, 0.29) is 24.1 Å². The molecule has 7 nitrogen and oxygen atoms in total. The number of rotatable bonds is 5. The molecule has 9 heteroatoms. The first-order chi connectivity index (χ1) is 17.0. The van der Waals surface area contributed by atoms with Gasteiger partial charge in [-0.15, -0.1) is 0 Å². The Hall–Kier alpha value is -4.14. The van der Waals surface area contributed by atoms with E-state index in [1.165, 1.54) is 24.3 Å². The highest BCUT2D eigenvalue weighted by Crippen LogP contribution is 2.27. The van der Waals surface area contributed by atoms with E-state index in [1.807, 2.05) is 24.0 Å². The molecule has 1 aliphatic rings. The molecule has 1 fully saturated rings. The number of hydrogen-bond acceptors (Lipinski definition) is 5. The SMILES string of the molecule is Cc1cc(N2CCN(C(=O)Cn3nc(-c4ccc(F)cc4)cc3-c3ccc(F)cc3)CC2)ncn1. The standard InChI is InChI=1S/C26H24F2N6O/c1-18-14-25(30-17-29-18)32-10-12-33(13-11-32)26(35)16-34-24(20-4-8-22(28)9-5-20)15-23(31-34)19-2-6-21(27)7-3-19/h2-9,14-15,17H,10-13,16H2,1H3. The van der Waals surface area contributed by atoms with E-state index in [2.05, 4.69) is 20.0 Å². The first-order valence-corrected chi connectivity index (χ1v) is 11.4. The van der Waals surface area contributed by atoms with E-state index >= 15 is 0 Å². The van der Waals surface area contributed by atoms with E-state index in [0.717, 1.165) is 22.6 Å². The van der Waals surface area contributed by atoms with Gasteiger partial charge in [0.25, 0.3) is 0 Å². The molecule has 0 radical (unpaired) electrons. The van der Waals surface area contributed by atoms with Crippen LogP contribution in [0.4, 0.5) is 14.6 Å². The third-order valence-corrected chi connectivity index (χ3v) is 6.09. The average molecular weight is 475 g/mol.